The van der Waals surface area contributed by atoms with Crippen LogP contribution >= 0.6 is 0 Å². The Morgan fingerprint density at radius 3 is 2.33 bits per heavy atom. The van der Waals surface area contributed by atoms with E-state index in [-0.39, 0.29) is 5.97 Å². The highest BCUT2D eigenvalue weighted by molar-refractivity contribution is 5.82. The second kappa shape index (κ2) is 6.66. The molecule has 1 aliphatic carbocycles. The Kier molecular flexibility index (Phi) is 4.85. The van der Waals surface area contributed by atoms with Crippen LogP contribution in [-0.4, -0.2) is 48.7 Å². The minimum atomic E-state index is -0.429. The van der Waals surface area contributed by atoms with E-state index < -0.39 is 5.54 Å². The number of hydrogen-bond acceptors (Lipinski definition) is 4. The average Bonchev–Trinajstić information content (AvgIpc) is 2.77. The molecule has 0 aromatic carbocycles. The van der Waals surface area contributed by atoms with E-state index in [1.54, 1.807) is 0 Å². The van der Waals surface area contributed by atoms with Crippen molar-refractivity contribution < 1.29 is 9.53 Å². The SMILES string of the molecule is CCOC(=O)C1(NC2CCCCCC2)CN2CCC1CC2. The minimum Gasteiger partial charge on any atom is -0.465 e. The van der Waals surface area contributed by atoms with Crippen LogP contribution in [-0.2, 0) is 9.53 Å². The lowest BCUT2D eigenvalue weighted by molar-refractivity contribution is -0.161. The first-order valence-electron chi connectivity index (χ1n) is 8.92. The number of carbonyl (C=O) groups is 1. The van der Waals surface area contributed by atoms with Crippen LogP contribution in [0.15, 0.2) is 0 Å². The highest BCUT2D eigenvalue weighted by Gasteiger charge is 2.53. The molecule has 4 nitrogen and oxygen atoms in total. The molecule has 3 heterocycles. The number of hydrogen-bond donors (Lipinski definition) is 1. The number of fused-ring (bicyclic) bond motifs is 3. The number of esters is 1. The van der Waals surface area contributed by atoms with Gasteiger partial charge in [-0.15, -0.1) is 0 Å². The molecule has 0 amide bonds. The van der Waals surface area contributed by atoms with Gasteiger partial charge in [0.2, 0.25) is 0 Å². The third kappa shape index (κ3) is 3.11. The first kappa shape index (κ1) is 15.3. The Balaban J connectivity index is 1.77. The maximum Gasteiger partial charge on any atom is 0.327 e. The van der Waals surface area contributed by atoms with Gasteiger partial charge in [0.05, 0.1) is 6.61 Å². The second-order valence-corrected chi connectivity index (χ2v) is 7.08. The van der Waals surface area contributed by atoms with E-state index in [1.807, 2.05) is 6.92 Å². The van der Waals surface area contributed by atoms with Crippen LogP contribution in [0.5, 0.6) is 0 Å². The molecule has 1 N–H and O–H groups in total. The summed E-state index contributed by atoms with van der Waals surface area (Å²) in [5, 5.41) is 3.81. The summed E-state index contributed by atoms with van der Waals surface area (Å²) >= 11 is 0. The molecule has 3 aliphatic heterocycles. The van der Waals surface area contributed by atoms with Gasteiger partial charge in [0.15, 0.2) is 0 Å². The number of piperidine rings is 3. The molecule has 4 rings (SSSR count). The van der Waals surface area contributed by atoms with Gasteiger partial charge in [0, 0.05) is 12.6 Å². The first-order chi connectivity index (χ1) is 10.2. The zero-order chi connectivity index (χ0) is 14.7. The van der Waals surface area contributed by atoms with Gasteiger partial charge in [-0.1, -0.05) is 25.7 Å². The molecule has 0 radical (unpaired) electrons. The van der Waals surface area contributed by atoms with Crippen LogP contribution < -0.4 is 5.32 Å². The van der Waals surface area contributed by atoms with Crippen LogP contribution in [0.25, 0.3) is 0 Å². The number of nitrogens with one attached hydrogen (secondary N) is 1. The molecule has 0 aromatic rings. The van der Waals surface area contributed by atoms with Gasteiger partial charge < -0.3 is 9.64 Å². The monoisotopic (exact) mass is 294 g/mol. The minimum absolute atomic E-state index is 0.00338. The maximum absolute atomic E-state index is 12.8. The number of nitrogens with zero attached hydrogens (tertiary/aromatic N) is 1. The molecule has 4 aliphatic rings. The molecular formula is C17H30N2O2. The molecule has 1 atom stereocenters. The third-order valence-corrected chi connectivity index (χ3v) is 5.71. The topological polar surface area (TPSA) is 41.6 Å². The van der Waals surface area contributed by atoms with E-state index >= 15 is 0 Å². The van der Waals surface area contributed by atoms with E-state index in [4.69, 9.17) is 4.74 Å². The van der Waals surface area contributed by atoms with Crippen molar-refractivity contribution in [1.29, 1.82) is 0 Å². The lowest BCUT2D eigenvalue weighted by atomic mass is 9.72. The Bertz CT molecular complexity index is 358. The van der Waals surface area contributed by atoms with Crippen molar-refractivity contribution in [3.63, 3.8) is 0 Å². The molecule has 1 saturated carbocycles. The summed E-state index contributed by atoms with van der Waals surface area (Å²) in [6.07, 6.45) is 10.00. The van der Waals surface area contributed by atoms with Crippen molar-refractivity contribution in [3.05, 3.63) is 0 Å². The molecule has 120 valence electrons. The van der Waals surface area contributed by atoms with Gasteiger partial charge in [-0.05, 0) is 51.6 Å². The highest BCUT2D eigenvalue weighted by atomic mass is 16.5. The van der Waals surface area contributed by atoms with Gasteiger partial charge in [-0.25, -0.2) is 4.79 Å². The van der Waals surface area contributed by atoms with Crippen LogP contribution in [0.2, 0.25) is 0 Å². The largest absolute Gasteiger partial charge is 0.465 e. The van der Waals surface area contributed by atoms with Crippen molar-refractivity contribution in [3.8, 4) is 0 Å². The highest BCUT2D eigenvalue weighted by Crippen LogP contribution is 2.38. The van der Waals surface area contributed by atoms with E-state index in [2.05, 4.69) is 10.2 Å². The average molecular weight is 294 g/mol. The van der Waals surface area contributed by atoms with Gasteiger partial charge in [-0.2, -0.15) is 0 Å². The summed E-state index contributed by atoms with van der Waals surface area (Å²) < 4.78 is 5.48. The Hall–Kier alpha value is -0.610. The van der Waals surface area contributed by atoms with Crippen LogP contribution in [0.4, 0.5) is 0 Å². The quantitative estimate of drug-likeness (QED) is 0.638. The fourth-order valence-electron chi connectivity index (χ4n) is 4.57. The maximum atomic E-state index is 12.8. The molecule has 1 unspecified atom stereocenters. The molecule has 4 fully saturated rings. The van der Waals surface area contributed by atoms with Crippen molar-refractivity contribution in [2.45, 2.75) is 69.9 Å². The van der Waals surface area contributed by atoms with E-state index in [9.17, 15) is 4.79 Å². The summed E-state index contributed by atoms with van der Waals surface area (Å²) in [5.74, 6) is 0.466. The first-order valence-corrected chi connectivity index (χ1v) is 8.92. The van der Waals surface area contributed by atoms with E-state index in [0.29, 0.717) is 18.6 Å². The van der Waals surface area contributed by atoms with Gasteiger partial charge >= 0.3 is 5.97 Å². The number of ether oxygens (including phenoxy) is 1. The fourth-order valence-corrected chi connectivity index (χ4v) is 4.57. The third-order valence-electron chi connectivity index (χ3n) is 5.71. The zero-order valence-electron chi connectivity index (χ0n) is 13.4. The van der Waals surface area contributed by atoms with Gasteiger partial charge in [-0.3, -0.25) is 5.32 Å². The number of carbonyl (C=O) groups excluding carboxylic acids is 1. The summed E-state index contributed by atoms with van der Waals surface area (Å²) in [5.41, 5.74) is -0.429. The van der Waals surface area contributed by atoms with Crippen molar-refractivity contribution in [1.82, 2.24) is 10.2 Å². The van der Waals surface area contributed by atoms with E-state index in [0.717, 1.165) is 32.5 Å². The summed E-state index contributed by atoms with van der Waals surface area (Å²) in [6, 6.07) is 0.498. The molecule has 3 saturated heterocycles. The Morgan fingerprint density at radius 1 is 1.14 bits per heavy atom. The molecular weight excluding hydrogens is 264 g/mol. The van der Waals surface area contributed by atoms with Gasteiger partial charge in [0.1, 0.15) is 5.54 Å². The van der Waals surface area contributed by atoms with Gasteiger partial charge in [0.25, 0.3) is 0 Å². The summed E-state index contributed by atoms with van der Waals surface area (Å²) in [4.78, 5) is 15.2. The van der Waals surface area contributed by atoms with Crippen LogP contribution in [0, 0.1) is 5.92 Å². The van der Waals surface area contributed by atoms with Crippen molar-refractivity contribution in [2.24, 2.45) is 5.92 Å². The standard InChI is InChI=1S/C17H30N2O2/c1-2-21-16(20)17(13-19-11-9-14(17)10-12-19)18-15-7-5-3-4-6-8-15/h14-15,18H,2-13H2,1H3. The summed E-state index contributed by atoms with van der Waals surface area (Å²) in [6.45, 7) is 5.56. The molecule has 4 heteroatoms. The Labute approximate surface area is 128 Å². The van der Waals surface area contributed by atoms with Crippen LogP contribution in [0.1, 0.15) is 58.3 Å². The molecule has 0 aromatic heterocycles. The summed E-state index contributed by atoms with van der Waals surface area (Å²) in [7, 11) is 0. The second-order valence-electron chi connectivity index (χ2n) is 7.08. The molecule has 2 bridgehead atoms. The zero-order valence-corrected chi connectivity index (χ0v) is 13.4. The van der Waals surface area contributed by atoms with Crippen molar-refractivity contribution >= 4 is 5.97 Å². The van der Waals surface area contributed by atoms with Crippen molar-refractivity contribution in [2.75, 3.05) is 26.2 Å². The lowest BCUT2D eigenvalue weighted by Gasteiger charge is -2.53. The normalized spacial score (nSPS) is 37.2. The fraction of sp³-hybridized carbons (Fsp3) is 0.941. The molecule has 0 spiro atoms. The Morgan fingerprint density at radius 2 is 1.81 bits per heavy atom. The predicted molar refractivity (Wildman–Crippen MR) is 83.2 cm³/mol. The smallest absolute Gasteiger partial charge is 0.327 e. The van der Waals surface area contributed by atoms with Crippen LogP contribution in [0.3, 0.4) is 0 Å². The van der Waals surface area contributed by atoms with E-state index in [1.165, 1.54) is 38.5 Å². The molecule has 21 heavy (non-hydrogen) atoms. The lowest BCUT2D eigenvalue weighted by Crippen LogP contribution is -2.71. The number of rotatable bonds is 4. The predicted octanol–water partition coefficient (Wildman–Crippen LogP) is 2.33.